The second kappa shape index (κ2) is 3.46. The summed E-state index contributed by atoms with van der Waals surface area (Å²) in [6, 6.07) is 11.1. The Hall–Kier alpha value is -2.28. The van der Waals surface area contributed by atoms with E-state index in [1.165, 1.54) is 0 Å². The number of hydrogen-bond acceptors (Lipinski definition) is 3. The molecule has 0 aromatic heterocycles. The third kappa shape index (κ3) is 1.44. The fraction of sp³-hybridized carbons (Fsp3) is 0.0909. The summed E-state index contributed by atoms with van der Waals surface area (Å²) in [7, 11) is 0. The molecule has 2 rings (SSSR count). The molecule has 1 aromatic rings. The predicted molar refractivity (Wildman–Crippen MR) is 56.8 cm³/mol. The summed E-state index contributed by atoms with van der Waals surface area (Å²) in [4.78, 5) is 1.59. The third-order valence-corrected chi connectivity index (χ3v) is 2.28. The first-order valence-electron chi connectivity index (χ1n) is 4.47. The number of hydrogen-bond donors (Lipinski definition) is 2. The maximum absolute atomic E-state index is 9.47. The number of aliphatic hydroxyl groups is 1. The lowest BCUT2D eigenvalue weighted by Crippen LogP contribution is -2.25. The van der Waals surface area contributed by atoms with Crippen molar-refractivity contribution < 1.29 is 5.11 Å². The Bertz CT molecular complexity index is 470. The Morgan fingerprint density at radius 2 is 2.00 bits per heavy atom. The van der Waals surface area contributed by atoms with Crippen LogP contribution in [0.15, 0.2) is 41.7 Å². The van der Waals surface area contributed by atoms with Gasteiger partial charge < -0.3 is 10.0 Å². The van der Waals surface area contributed by atoms with Gasteiger partial charge in [-0.1, -0.05) is 18.2 Å². The lowest BCUT2D eigenvalue weighted by molar-refractivity contribution is 0.406. The summed E-state index contributed by atoms with van der Waals surface area (Å²) >= 11 is 0. The van der Waals surface area contributed by atoms with E-state index >= 15 is 0 Å². The maximum Gasteiger partial charge on any atom is 0.147 e. The van der Waals surface area contributed by atoms with Gasteiger partial charge in [-0.25, -0.2) is 0 Å². The lowest BCUT2D eigenvalue weighted by Gasteiger charge is -2.17. The number of nitrogens with one attached hydrogen (secondary N) is 1. The molecule has 4 nitrogen and oxygen atoms in total. The van der Waals surface area contributed by atoms with Crippen LogP contribution in [-0.2, 0) is 0 Å². The van der Waals surface area contributed by atoms with E-state index in [4.69, 9.17) is 10.7 Å². The van der Waals surface area contributed by atoms with Crippen LogP contribution in [0.25, 0.3) is 0 Å². The molecule has 0 atom stereocenters. The molecular formula is C11H9N3O. The van der Waals surface area contributed by atoms with Crippen molar-refractivity contribution in [1.82, 2.24) is 0 Å². The average molecular weight is 199 g/mol. The standard InChI is InChI=1S/C11H9N3O/c12-6-9-10(15)7-14(11(9)13)8-4-2-1-3-5-8/h1-5,13,15H,7H2. The molecule has 0 amide bonds. The maximum atomic E-state index is 9.47. The molecule has 1 aliphatic rings. The van der Waals surface area contributed by atoms with Gasteiger partial charge in [0.1, 0.15) is 23.2 Å². The number of nitriles is 1. The molecule has 1 heterocycles. The van der Waals surface area contributed by atoms with Gasteiger partial charge in [0.15, 0.2) is 0 Å². The Balaban J connectivity index is 2.33. The number of para-hydroxylation sites is 1. The Labute approximate surface area is 87.2 Å². The lowest BCUT2D eigenvalue weighted by atomic mass is 10.2. The van der Waals surface area contributed by atoms with Crippen molar-refractivity contribution in [2.45, 2.75) is 0 Å². The molecule has 0 aliphatic carbocycles. The second-order valence-corrected chi connectivity index (χ2v) is 3.20. The minimum atomic E-state index is -0.0358. The molecular weight excluding hydrogens is 190 g/mol. The van der Waals surface area contributed by atoms with Crippen LogP contribution in [-0.4, -0.2) is 17.5 Å². The van der Waals surface area contributed by atoms with Gasteiger partial charge in [0.2, 0.25) is 0 Å². The Morgan fingerprint density at radius 3 is 2.53 bits per heavy atom. The quantitative estimate of drug-likeness (QED) is 0.724. The van der Waals surface area contributed by atoms with E-state index in [0.29, 0.717) is 0 Å². The molecule has 4 heteroatoms. The van der Waals surface area contributed by atoms with Crippen LogP contribution in [0.3, 0.4) is 0 Å². The third-order valence-electron chi connectivity index (χ3n) is 2.28. The van der Waals surface area contributed by atoms with E-state index in [-0.39, 0.29) is 23.7 Å². The van der Waals surface area contributed by atoms with Crippen LogP contribution < -0.4 is 4.90 Å². The molecule has 0 saturated heterocycles. The molecule has 1 aromatic carbocycles. The highest BCUT2D eigenvalue weighted by Crippen LogP contribution is 2.23. The number of aliphatic hydroxyl groups excluding tert-OH is 1. The van der Waals surface area contributed by atoms with Crippen LogP contribution in [0.4, 0.5) is 5.69 Å². The van der Waals surface area contributed by atoms with Crippen LogP contribution in [0.5, 0.6) is 0 Å². The van der Waals surface area contributed by atoms with E-state index in [1.807, 2.05) is 36.4 Å². The van der Waals surface area contributed by atoms with Crippen molar-refractivity contribution in [1.29, 1.82) is 10.7 Å². The molecule has 15 heavy (non-hydrogen) atoms. The van der Waals surface area contributed by atoms with Crippen molar-refractivity contribution in [2.75, 3.05) is 11.4 Å². The normalized spacial score (nSPS) is 15.7. The number of amidine groups is 1. The average Bonchev–Trinajstić information content (AvgIpc) is 2.55. The predicted octanol–water partition coefficient (Wildman–Crippen LogP) is 1.82. The number of nitrogens with zero attached hydrogens (tertiary/aromatic N) is 2. The van der Waals surface area contributed by atoms with Gasteiger partial charge in [-0.05, 0) is 12.1 Å². The van der Waals surface area contributed by atoms with Crippen LogP contribution in [0, 0.1) is 16.7 Å². The van der Waals surface area contributed by atoms with Gasteiger partial charge in [0, 0.05) is 5.69 Å². The molecule has 1 aliphatic heterocycles. The first-order chi connectivity index (χ1) is 7.24. The van der Waals surface area contributed by atoms with Crippen LogP contribution in [0.1, 0.15) is 0 Å². The van der Waals surface area contributed by atoms with E-state index in [0.717, 1.165) is 5.69 Å². The summed E-state index contributed by atoms with van der Waals surface area (Å²) in [6.45, 7) is 0.200. The van der Waals surface area contributed by atoms with Gasteiger partial charge in [0.05, 0.1) is 6.54 Å². The topological polar surface area (TPSA) is 71.1 Å². The molecule has 2 N–H and O–H groups in total. The molecule has 0 radical (unpaired) electrons. The van der Waals surface area contributed by atoms with Crippen LogP contribution >= 0.6 is 0 Å². The van der Waals surface area contributed by atoms with E-state index in [2.05, 4.69) is 0 Å². The zero-order chi connectivity index (χ0) is 10.8. The van der Waals surface area contributed by atoms with Crippen molar-refractivity contribution >= 4 is 11.5 Å². The fourth-order valence-corrected chi connectivity index (χ4v) is 1.53. The largest absolute Gasteiger partial charge is 0.509 e. The summed E-state index contributed by atoms with van der Waals surface area (Å²) in [6.07, 6.45) is 0. The Kier molecular flexibility index (Phi) is 2.14. The van der Waals surface area contributed by atoms with Gasteiger partial charge >= 0.3 is 0 Å². The second-order valence-electron chi connectivity index (χ2n) is 3.20. The van der Waals surface area contributed by atoms with Crippen molar-refractivity contribution in [3.63, 3.8) is 0 Å². The molecule has 0 fully saturated rings. The monoisotopic (exact) mass is 199 g/mol. The van der Waals surface area contributed by atoms with Gasteiger partial charge in [-0.15, -0.1) is 0 Å². The van der Waals surface area contributed by atoms with Crippen molar-refractivity contribution in [3.05, 3.63) is 41.7 Å². The number of anilines is 1. The Morgan fingerprint density at radius 1 is 1.33 bits per heavy atom. The zero-order valence-electron chi connectivity index (χ0n) is 7.94. The summed E-state index contributed by atoms with van der Waals surface area (Å²) < 4.78 is 0. The fourth-order valence-electron chi connectivity index (χ4n) is 1.53. The summed E-state index contributed by atoms with van der Waals surface area (Å²) in [5.41, 5.74) is 0.859. The highest BCUT2D eigenvalue weighted by molar-refractivity contribution is 6.13. The molecule has 0 bridgehead atoms. The van der Waals surface area contributed by atoms with Gasteiger partial charge in [-0.2, -0.15) is 5.26 Å². The van der Waals surface area contributed by atoms with Gasteiger partial charge in [0.25, 0.3) is 0 Å². The molecule has 0 spiro atoms. The minimum Gasteiger partial charge on any atom is -0.509 e. The van der Waals surface area contributed by atoms with Crippen molar-refractivity contribution in [2.24, 2.45) is 0 Å². The number of benzene rings is 1. The minimum absolute atomic E-state index is 0.0358. The van der Waals surface area contributed by atoms with Crippen LogP contribution in [0.2, 0.25) is 0 Å². The molecule has 0 saturated carbocycles. The SMILES string of the molecule is N#CC1=C(O)CN(c2ccccc2)C1=N. The van der Waals surface area contributed by atoms with E-state index in [9.17, 15) is 5.11 Å². The first-order valence-corrected chi connectivity index (χ1v) is 4.47. The highest BCUT2D eigenvalue weighted by Gasteiger charge is 2.27. The zero-order valence-corrected chi connectivity index (χ0v) is 7.94. The smallest absolute Gasteiger partial charge is 0.147 e. The summed E-state index contributed by atoms with van der Waals surface area (Å²) in [5.74, 6) is 0.0209. The number of rotatable bonds is 1. The highest BCUT2D eigenvalue weighted by atomic mass is 16.3. The van der Waals surface area contributed by atoms with Crippen molar-refractivity contribution in [3.8, 4) is 6.07 Å². The molecule has 74 valence electrons. The summed E-state index contributed by atoms with van der Waals surface area (Å²) in [5, 5.41) is 25.9. The van der Waals surface area contributed by atoms with E-state index in [1.54, 1.807) is 4.90 Å². The first kappa shape index (κ1) is 9.28. The molecule has 0 unspecified atom stereocenters. The van der Waals surface area contributed by atoms with Gasteiger partial charge in [-0.3, -0.25) is 5.41 Å². The van der Waals surface area contributed by atoms with E-state index < -0.39 is 0 Å².